The molecule has 3 N–H and O–H groups in total. The van der Waals surface area contributed by atoms with Crippen molar-refractivity contribution < 1.29 is 19.5 Å². The normalized spacial score (nSPS) is 22.4. The molecule has 0 heterocycles. The molecule has 2 amide bonds. The average molecular weight is 298 g/mol. The van der Waals surface area contributed by atoms with Gasteiger partial charge in [0.25, 0.3) is 0 Å². The van der Waals surface area contributed by atoms with Crippen molar-refractivity contribution in [3.05, 3.63) is 0 Å². The molecule has 0 aromatic heterocycles. The quantitative estimate of drug-likeness (QED) is 0.713. The number of carbonyl (C=O) groups is 3. The second-order valence-corrected chi connectivity index (χ2v) is 6.67. The Kier molecular flexibility index (Phi) is 6.18. The van der Waals surface area contributed by atoms with Crippen molar-refractivity contribution >= 4 is 17.8 Å². The van der Waals surface area contributed by atoms with Gasteiger partial charge in [-0.2, -0.15) is 0 Å². The van der Waals surface area contributed by atoms with E-state index < -0.39 is 17.8 Å². The summed E-state index contributed by atoms with van der Waals surface area (Å²) >= 11 is 0. The standard InChI is InChI=1S/C15H26N2O4/c1-15(2,3)17-12(18)8-9-16-13(19)10-6-4-5-7-11(10)14(20)21/h10-11H,4-9H2,1-3H3,(H,16,19)(H,17,18)(H,20,21). The van der Waals surface area contributed by atoms with Gasteiger partial charge in [0.05, 0.1) is 11.8 Å². The maximum Gasteiger partial charge on any atom is 0.307 e. The lowest BCUT2D eigenvalue weighted by atomic mass is 9.78. The van der Waals surface area contributed by atoms with Crippen LogP contribution in [0.1, 0.15) is 52.9 Å². The van der Waals surface area contributed by atoms with E-state index in [9.17, 15) is 14.4 Å². The van der Waals surface area contributed by atoms with Crippen LogP contribution in [0.25, 0.3) is 0 Å². The van der Waals surface area contributed by atoms with Gasteiger partial charge in [0.2, 0.25) is 11.8 Å². The molecule has 6 nitrogen and oxygen atoms in total. The summed E-state index contributed by atoms with van der Waals surface area (Å²) in [6.07, 6.45) is 3.10. The van der Waals surface area contributed by atoms with Crippen LogP contribution >= 0.6 is 0 Å². The minimum atomic E-state index is -0.902. The Hall–Kier alpha value is -1.59. The van der Waals surface area contributed by atoms with E-state index >= 15 is 0 Å². The monoisotopic (exact) mass is 298 g/mol. The summed E-state index contributed by atoms with van der Waals surface area (Å²) in [5.74, 6) is -2.34. The molecule has 1 rings (SSSR count). The van der Waals surface area contributed by atoms with Gasteiger partial charge < -0.3 is 15.7 Å². The second-order valence-electron chi connectivity index (χ2n) is 6.67. The first-order chi connectivity index (χ1) is 9.70. The first-order valence-corrected chi connectivity index (χ1v) is 7.52. The second kappa shape index (κ2) is 7.43. The minimum absolute atomic E-state index is 0.124. The Labute approximate surface area is 125 Å². The third kappa shape index (κ3) is 6.14. The van der Waals surface area contributed by atoms with Crippen molar-refractivity contribution in [3.8, 4) is 0 Å². The van der Waals surface area contributed by atoms with Crippen molar-refractivity contribution in [1.82, 2.24) is 10.6 Å². The maximum absolute atomic E-state index is 12.1. The van der Waals surface area contributed by atoms with Gasteiger partial charge in [-0.3, -0.25) is 14.4 Å². The number of hydrogen-bond acceptors (Lipinski definition) is 3. The molecule has 0 aromatic carbocycles. The number of aliphatic carboxylic acids is 1. The van der Waals surface area contributed by atoms with Crippen molar-refractivity contribution in [2.75, 3.05) is 6.54 Å². The Morgan fingerprint density at radius 2 is 1.67 bits per heavy atom. The topological polar surface area (TPSA) is 95.5 Å². The molecule has 0 bridgehead atoms. The van der Waals surface area contributed by atoms with E-state index in [1.54, 1.807) is 0 Å². The van der Waals surface area contributed by atoms with Gasteiger partial charge in [-0.1, -0.05) is 12.8 Å². The van der Waals surface area contributed by atoms with E-state index in [4.69, 9.17) is 5.11 Å². The molecule has 1 aliphatic rings. The number of rotatable bonds is 5. The van der Waals surface area contributed by atoms with E-state index in [1.165, 1.54) is 0 Å². The van der Waals surface area contributed by atoms with E-state index in [0.29, 0.717) is 12.8 Å². The first-order valence-electron chi connectivity index (χ1n) is 7.52. The van der Waals surface area contributed by atoms with Gasteiger partial charge >= 0.3 is 5.97 Å². The highest BCUT2D eigenvalue weighted by molar-refractivity contribution is 5.85. The number of carbonyl (C=O) groups excluding carboxylic acids is 2. The Morgan fingerprint density at radius 1 is 1.10 bits per heavy atom. The van der Waals surface area contributed by atoms with Gasteiger partial charge in [-0.15, -0.1) is 0 Å². The smallest absolute Gasteiger partial charge is 0.307 e. The van der Waals surface area contributed by atoms with Crippen LogP contribution < -0.4 is 10.6 Å². The largest absolute Gasteiger partial charge is 0.481 e. The van der Waals surface area contributed by atoms with Crippen LogP contribution in [0.4, 0.5) is 0 Å². The number of hydrogen-bond donors (Lipinski definition) is 3. The molecule has 1 fully saturated rings. The summed E-state index contributed by atoms with van der Waals surface area (Å²) in [6.45, 7) is 5.92. The minimum Gasteiger partial charge on any atom is -0.481 e. The van der Waals surface area contributed by atoms with Gasteiger partial charge in [-0.05, 0) is 33.6 Å². The lowest BCUT2D eigenvalue weighted by Crippen LogP contribution is -2.43. The zero-order valence-corrected chi connectivity index (χ0v) is 13.1. The highest BCUT2D eigenvalue weighted by Gasteiger charge is 2.35. The van der Waals surface area contributed by atoms with Gasteiger partial charge in [-0.25, -0.2) is 0 Å². The fourth-order valence-electron chi connectivity index (χ4n) is 2.65. The van der Waals surface area contributed by atoms with Crippen LogP contribution in [0.2, 0.25) is 0 Å². The Morgan fingerprint density at radius 3 is 2.19 bits per heavy atom. The van der Waals surface area contributed by atoms with Gasteiger partial charge in [0, 0.05) is 18.5 Å². The predicted octanol–water partition coefficient (Wildman–Crippen LogP) is 1.30. The third-order valence-electron chi connectivity index (χ3n) is 3.59. The SMILES string of the molecule is CC(C)(C)NC(=O)CCNC(=O)C1CCCCC1C(=O)O. The molecule has 2 unspecified atom stereocenters. The van der Waals surface area contributed by atoms with E-state index in [-0.39, 0.29) is 30.3 Å². The van der Waals surface area contributed by atoms with Crippen LogP contribution in [-0.4, -0.2) is 35.0 Å². The molecule has 0 radical (unpaired) electrons. The highest BCUT2D eigenvalue weighted by atomic mass is 16.4. The fraction of sp³-hybridized carbons (Fsp3) is 0.800. The number of carboxylic acid groups (broad SMARTS) is 1. The average Bonchev–Trinajstić information content (AvgIpc) is 2.36. The van der Waals surface area contributed by atoms with Crippen LogP contribution in [0.5, 0.6) is 0 Å². The summed E-state index contributed by atoms with van der Waals surface area (Å²) in [5.41, 5.74) is -0.293. The number of carboxylic acids is 1. The molecule has 21 heavy (non-hydrogen) atoms. The molecular formula is C15H26N2O4. The molecule has 0 aliphatic heterocycles. The van der Waals surface area contributed by atoms with E-state index in [2.05, 4.69) is 10.6 Å². The van der Waals surface area contributed by atoms with Crippen LogP contribution in [0.3, 0.4) is 0 Å². The molecule has 0 aromatic rings. The van der Waals surface area contributed by atoms with E-state index in [0.717, 1.165) is 12.8 Å². The molecule has 1 saturated carbocycles. The molecule has 0 saturated heterocycles. The predicted molar refractivity (Wildman–Crippen MR) is 78.6 cm³/mol. The van der Waals surface area contributed by atoms with Crippen molar-refractivity contribution in [1.29, 1.82) is 0 Å². The summed E-state index contributed by atoms with van der Waals surface area (Å²) < 4.78 is 0. The molecular weight excluding hydrogens is 272 g/mol. The molecule has 2 atom stereocenters. The van der Waals surface area contributed by atoms with Crippen LogP contribution in [0, 0.1) is 11.8 Å². The van der Waals surface area contributed by atoms with Crippen molar-refractivity contribution in [3.63, 3.8) is 0 Å². The van der Waals surface area contributed by atoms with Crippen LogP contribution in [-0.2, 0) is 14.4 Å². The lowest BCUT2D eigenvalue weighted by molar-refractivity contribution is -0.149. The van der Waals surface area contributed by atoms with Crippen molar-refractivity contribution in [2.45, 2.75) is 58.4 Å². The fourth-order valence-corrected chi connectivity index (χ4v) is 2.65. The van der Waals surface area contributed by atoms with Gasteiger partial charge in [0.1, 0.15) is 0 Å². The number of amides is 2. The van der Waals surface area contributed by atoms with E-state index in [1.807, 2.05) is 20.8 Å². The molecule has 6 heteroatoms. The lowest BCUT2D eigenvalue weighted by Gasteiger charge is -2.27. The Balaban J connectivity index is 2.39. The molecule has 0 spiro atoms. The summed E-state index contributed by atoms with van der Waals surface area (Å²) in [7, 11) is 0. The Bertz CT molecular complexity index is 401. The van der Waals surface area contributed by atoms with Gasteiger partial charge in [0.15, 0.2) is 0 Å². The zero-order valence-electron chi connectivity index (χ0n) is 13.1. The molecule has 120 valence electrons. The third-order valence-corrected chi connectivity index (χ3v) is 3.59. The van der Waals surface area contributed by atoms with Crippen molar-refractivity contribution in [2.24, 2.45) is 11.8 Å². The summed E-state index contributed by atoms with van der Waals surface area (Å²) in [4.78, 5) is 34.9. The summed E-state index contributed by atoms with van der Waals surface area (Å²) in [5, 5.41) is 14.7. The maximum atomic E-state index is 12.1. The zero-order chi connectivity index (χ0) is 16.0. The summed E-state index contributed by atoms with van der Waals surface area (Å²) in [6, 6.07) is 0. The first kappa shape index (κ1) is 17.5. The highest BCUT2D eigenvalue weighted by Crippen LogP contribution is 2.30. The number of nitrogens with one attached hydrogen (secondary N) is 2. The van der Waals surface area contributed by atoms with Crippen LogP contribution in [0.15, 0.2) is 0 Å². The molecule has 1 aliphatic carbocycles.